The van der Waals surface area contributed by atoms with Crippen molar-refractivity contribution < 1.29 is 1.43 Å². The lowest BCUT2D eigenvalue weighted by Crippen LogP contribution is -2.48. The van der Waals surface area contributed by atoms with Crippen molar-refractivity contribution in [3.63, 3.8) is 0 Å². The van der Waals surface area contributed by atoms with Crippen LogP contribution in [-0.2, 0) is 0 Å². The summed E-state index contributed by atoms with van der Waals surface area (Å²) in [6.07, 6.45) is 14.2. The molecule has 0 N–H and O–H groups in total. The van der Waals surface area contributed by atoms with Gasteiger partial charge in [0.25, 0.3) is 0 Å². The van der Waals surface area contributed by atoms with Crippen molar-refractivity contribution in [3.05, 3.63) is 0 Å². The maximum absolute atomic E-state index is 2.72. The Hall–Kier alpha value is 0. The smallest absolute Gasteiger partial charge is 0 e. The van der Waals surface area contributed by atoms with E-state index >= 15 is 0 Å². The lowest BCUT2D eigenvalue weighted by Gasteiger charge is -2.56. The third-order valence-corrected chi connectivity index (χ3v) is 8.96. The van der Waals surface area contributed by atoms with Gasteiger partial charge in [-0.1, -0.05) is 26.7 Å². The second kappa shape index (κ2) is 3.42. The summed E-state index contributed by atoms with van der Waals surface area (Å²) < 4.78 is 0. The van der Waals surface area contributed by atoms with Gasteiger partial charge in [-0.2, -0.15) is 0 Å². The molecule has 0 heterocycles. The van der Waals surface area contributed by atoms with Crippen LogP contribution in [0.25, 0.3) is 0 Å². The maximum atomic E-state index is 2.72. The number of fused-ring (bicyclic) bond motifs is 5. The number of rotatable bonds is 0. The summed E-state index contributed by atoms with van der Waals surface area (Å²) in [7, 11) is 0. The fourth-order valence-corrected chi connectivity index (χ4v) is 8.20. The first kappa shape index (κ1) is 11.6. The molecule has 5 rings (SSSR count). The van der Waals surface area contributed by atoms with Gasteiger partial charge in [0, 0.05) is 1.43 Å². The number of hydrogen-bond donors (Lipinski definition) is 0. The lowest BCUT2D eigenvalue weighted by atomic mass is 9.49. The van der Waals surface area contributed by atoms with Crippen molar-refractivity contribution in [3.8, 4) is 0 Å². The molecule has 5 aliphatic carbocycles. The van der Waals surface area contributed by atoms with Crippen LogP contribution in [0.1, 0.15) is 73.1 Å². The van der Waals surface area contributed by atoms with Gasteiger partial charge in [0.15, 0.2) is 0 Å². The summed E-state index contributed by atoms with van der Waals surface area (Å²) >= 11 is 0. The fourth-order valence-electron chi connectivity index (χ4n) is 8.20. The Morgan fingerprint density at radius 3 is 2.53 bits per heavy atom. The molecule has 0 nitrogen and oxygen atoms in total. The zero-order valence-electron chi connectivity index (χ0n) is 12.8. The Morgan fingerprint density at radius 2 is 1.63 bits per heavy atom. The predicted octanol–water partition coefficient (Wildman–Crippen LogP) is 5.52. The maximum Gasteiger partial charge on any atom is 0 e. The van der Waals surface area contributed by atoms with Crippen LogP contribution < -0.4 is 0 Å². The zero-order valence-corrected chi connectivity index (χ0v) is 12.8. The van der Waals surface area contributed by atoms with Crippen LogP contribution >= 0.6 is 0 Å². The molecule has 0 bridgehead atoms. The van der Waals surface area contributed by atoms with E-state index in [9.17, 15) is 0 Å². The third-order valence-electron chi connectivity index (χ3n) is 8.96. The van der Waals surface area contributed by atoms with Crippen molar-refractivity contribution in [2.24, 2.45) is 46.3 Å². The quantitative estimate of drug-likeness (QED) is 0.538. The van der Waals surface area contributed by atoms with Crippen molar-refractivity contribution in [1.29, 1.82) is 0 Å². The SMILES string of the molecule is C[C@@]12CCCC1C1CC3C4CCC[C@](C)(C1CC2)C43.[HH]. The minimum Gasteiger partial charge on any atom is -0.0594 e. The van der Waals surface area contributed by atoms with E-state index < -0.39 is 0 Å². The second-order valence-corrected chi connectivity index (χ2v) is 9.45. The first-order valence-electron chi connectivity index (χ1n) is 9.13. The molecule has 108 valence electrons. The van der Waals surface area contributed by atoms with E-state index in [1.54, 1.807) is 57.8 Å². The van der Waals surface area contributed by atoms with Crippen LogP contribution in [-0.4, -0.2) is 0 Å². The predicted molar refractivity (Wildman–Crippen MR) is 80.8 cm³/mol. The molecule has 5 fully saturated rings. The van der Waals surface area contributed by atoms with Crippen LogP contribution in [0, 0.1) is 46.3 Å². The Kier molecular flexibility index (Phi) is 2.09. The summed E-state index contributed by atoms with van der Waals surface area (Å²) in [5, 5.41) is 0. The summed E-state index contributed by atoms with van der Waals surface area (Å²) in [4.78, 5) is 0. The normalized spacial score (nSPS) is 66.0. The molecule has 0 radical (unpaired) electrons. The molecule has 0 spiro atoms. The van der Waals surface area contributed by atoms with Gasteiger partial charge in [0.2, 0.25) is 0 Å². The van der Waals surface area contributed by atoms with E-state index in [1.807, 2.05) is 0 Å². The van der Waals surface area contributed by atoms with Gasteiger partial charge in [-0.3, -0.25) is 0 Å². The monoisotopic (exact) mass is 260 g/mol. The molecule has 8 atom stereocenters. The van der Waals surface area contributed by atoms with Crippen LogP contribution in [0.5, 0.6) is 0 Å². The van der Waals surface area contributed by atoms with E-state index in [0.29, 0.717) is 0 Å². The molecule has 19 heavy (non-hydrogen) atoms. The molecular formula is C19H32. The summed E-state index contributed by atoms with van der Waals surface area (Å²) in [6.45, 7) is 5.37. The minimum atomic E-state index is 0. The van der Waals surface area contributed by atoms with E-state index in [1.165, 1.54) is 17.8 Å². The zero-order chi connectivity index (χ0) is 12.8. The molecule has 0 heteroatoms. The molecule has 0 aliphatic heterocycles. The largest absolute Gasteiger partial charge is 0.0594 e. The Morgan fingerprint density at radius 1 is 0.789 bits per heavy atom. The fraction of sp³-hybridized carbons (Fsp3) is 1.00. The average molecular weight is 260 g/mol. The summed E-state index contributed by atoms with van der Waals surface area (Å²) in [5.41, 5.74) is 1.54. The Balaban J connectivity index is 0.00000106. The van der Waals surface area contributed by atoms with Crippen molar-refractivity contribution in [2.75, 3.05) is 0 Å². The third kappa shape index (κ3) is 1.28. The molecular weight excluding hydrogens is 228 g/mol. The molecule has 0 aromatic heterocycles. The van der Waals surface area contributed by atoms with Gasteiger partial charge < -0.3 is 0 Å². The molecule has 5 saturated carbocycles. The molecule has 0 aromatic rings. The topological polar surface area (TPSA) is 0 Å². The standard InChI is InChI=1S/C19H30.H2/c1-18-8-4-6-15(18)14-11-13-12-5-3-9-19(2,17(12)13)16(14)7-10-18;/h12-17H,3-11H2,1-2H3;1H/t12?,13?,14?,15?,16?,17?,18-,19+;/m0./s1. The highest BCUT2D eigenvalue weighted by Gasteiger charge is 2.69. The Bertz CT molecular complexity index is 418. The van der Waals surface area contributed by atoms with Crippen molar-refractivity contribution in [1.82, 2.24) is 0 Å². The minimum absolute atomic E-state index is 0. The molecule has 0 aromatic carbocycles. The van der Waals surface area contributed by atoms with Gasteiger partial charge in [0.05, 0.1) is 0 Å². The highest BCUT2D eigenvalue weighted by molar-refractivity contribution is 5.17. The van der Waals surface area contributed by atoms with E-state index in [4.69, 9.17) is 0 Å². The molecule has 0 amide bonds. The second-order valence-electron chi connectivity index (χ2n) is 9.45. The van der Waals surface area contributed by atoms with Crippen LogP contribution in [0.2, 0.25) is 0 Å². The van der Waals surface area contributed by atoms with Gasteiger partial charge in [-0.25, -0.2) is 0 Å². The Labute approximate surface area is 120 Å². The van der Waals surface area contributed by atoms with Crippen LogP contribution in [0.15, 0.2) is 0 Å². The van der Waals surface area contributed by atoms with Crippen LogP contribution in [0.3, 0.4) is 0 Å². The van der Waals surface area contributed by atoms with Gasteiger partial charge in [0.1, 0.15) is 0 Å². The molecule has 6 unspecified atom stereocenters. The first-order chi connectivity index (χ1) is 9.13. The summed E-state index contributed by atoms with van der Waals surface area (Å²) in [6, 6.07) is 0. The summed E-state index contributed by atoms with van der Waals surface area (Å²) in [5.74, 6) is 6.90. The molecule has 5 aliphatic rings. The van der Waals surface area contributed by atoms with Gasteiger partial charge >= 0.3 is 0 Å². The van der Waals surface area contributed by atoms with Crippen LogP contribution in [0.4, 0.5) is 0 Å². The van der Waals surface area contributed by atoms with Gasteiger partial charge in [-0.05, 0) is 91.3 Å². The van der Waals surface area contributed by atoms with E-state index in [-0.39, 0.29) is 1.43 Å². The van der Waals surface area contributed by atoms with Crippen molar-refractivity contribution in [2.45, 2.75) is 71.6 Å². The molecule has 0 saturated heterocycles. The van der Waals surface area contributed by atoms with E-state index in [2.05, 4.69) is 13.8 Å². The van der Waals surface area contributed by atoms with Gasteiger partial charge in [-0.15, -0.1) is 0 Å². The highest BCUT2D eigenvalue weighted by atomic mass is 14.7. The lowest BCUT2D eigenvalue weighted by molar-refractivity contribution is -0.0691. The first-order valence-corrected chi connectivity index (χ1v) is 9.13. The number of hydrogen-bond acceptors (Lipinski definition) is 0. The van der Waals surface area contributed by atoms with E-state index in [0.717, 1.165) is 28.6 Å². The average Bonchev–Trinajstić information content (AvgIpc) is 2.94. The van der Waals surface area contributed by atoms with Crippen molar-refractivity contribution >= 4 is 0 Å². The highest BCUT2D eigenvalue weighted by Crippen LogP contribution is 2.76.